The van der Waals surface area contributed by atoms with E-state index in [4.69, 9.17) is 16.3 Å². The molecule has 0 saturated carbocycles. The van der Waals surface area contributed by atoms with Crippen molar-refractivity contribution in [3.8, 4) is 5.75 Å². The van der Waals surface area contributed by atoms with Gasteiger partial charge >= 0.3 is 0 Å². The Kier molecular flexibility index (Phi) is 6.53. The molecule has 0 fully saturated rings. The highest BCUT2D eigenvalue weighted by molar-refractivity contribution is 6.30. The normalized spacial score (nSPS) is 12.7. The molecule has 23 heavy (non-hydrogen) atoms. The molecular weight excluding hydrogens is 304 g/mol. The van der Waals surface area contributed by atoms with Crippen LogP contribution in [0.2, 0.25) is 5.02 Å². The summed E-state index contributed by atoms with van der Waals surface area (Å²) in [5, 5.41) is 0.735. The Labute approximate surface area is 145 Å². The van der Waals surface area contributed by atoms with Crippen LogP contribution in [0.3, 0.4) is 0 Å². The lowest BCUT2D eigenvalue weighted by molar-refractivity contribution is 0.151. The van der Waals surface area contributed by atoms with E-state index >= 15 is 0 Å². The fourth-order valence-electron chi connectivity index (χ4n) is 2.62. The topological polar surface area (TPSA) is 9.23 Å². The molecule has 0 amide bonds. The second kappa shape index (κ2) is 8.40. The van der Waals surface area contributed by atoms with Crippen LogP contribution >= 0.6 is 11.6 Å². The molecule has 2 rings (SSSR count). The number of halogens is 1. The van der Waals surface area contributed by atoms with Gasteiger partial charge in [-0.05, 0) is 53.6 Å². The molecule has 1 atom stereocenters. The maximum atomic E-state index is 6.17. The van der Waals surface area contributed by atoms with Gasteiger partial charge in [-0.3, -0.25) is 0 Å². The largest absolute Gasteiger partial charge is 0.490 e. The molecule has 1 nitrogen and oxygen atoms in total. The first-order valence-corrected chi connectivity index (χ1v) is 8.82. The first-order chi connectivity index (χ1) is 10.9. The fourth-order valence-corrected chi connectivity index (χ4v) is 2.74. The van der Waals surface area contributed by atoms with Gasteiger partial charge in [-0.2, -0.15) is 0 Å². The minimum atomic E-state index is 0.159. The van der Waals surface area contributed by atoms with Crippen molar-refractivity contribution in [2.24, 2.45) is 11.8 Å². The number of hydrogen-bond acceptors (Lipinski definition) is 1. The molecular formula is C21H27ClO. The van der Waals surface area contributed by atoms with Crippen molar-refractivity contribution in [1.82, 2.24) is 0 Å². The lowest BCUT2D eigenvalue weighted by atomic mass is 9.96. The second-order valence-corrected chi connectivity index (χ2v) is 7.41. The molecule has 0 aliphatic carbocycles. The van der Waals surface area contributed by atoms with Crippen LogP contribution in [0.4, 0.5) is 0 Å². The first-order valence-electron chi connectivity index (χ1n) is 8.44. The molecule has 0 heterocycles. The Balaban J connectivity index is 2.02. The Morgan fingerprint density at radius 2 is 1.30 bits per heavy atom. The standard InChI is InChI=1S/C21H27ClO/c1-15(2)13-17-5-7-18(8-6-17)14-21(16(3)4)23-20-11-9-19(22)10-12-20/h5-12,15-16,21H,13-14H2,1-4H3. The molecule has 0 saturated heterocycles. The summed E-state index contributed by atoms with van der Waals surface area (Å²) >= 11 is 5.94. The van der Waals surface area contributed by atoms with Crippen LogP contribution in [0.25, 0.3) is 0 Å². The van der Waals surface area contributed by atoms with Gasteiger partial charge in [-0.15, -0.1) is 0 Å². The summed E-state index contributed by atoms with van der Waals surface area (Å²) in [4.78, 5) is 0. The number of ether oxygens (including phenoxy) is 1. The van der Waals surface area contributed by atoms with Crippen LogP contribution < -0.4 is 4.74 Å². The molecule has 0 bridgehead atoms. The van der Waals surface area contributed by atoms with E-state index in [-0.39, 0.29) is 6.10 Å². The van der Waals surface area contributed by atoms with E-state index in [0.29, 0.717) is 11.8 Å². The van der Waals surface area contributed by atoms with Gasteiger partial charge in [0, 0.05) is 11.4 Å². The van der Waals surface area contributed by atoms with E-state index in [9.17, 15) is 0 Å². The molecule has 2 aromatic carbocycles. The predicted octanol–water partition coefficient (Wildman–Crippen LogP) is 6.18. The summed E-state index contributed by atoms with van der Waals surface area (Å²) in [6.45, 7) is 8.91. The zero-order valence-corrected chi connectivity index (χ0v) is 15.3. The van der Waals surface area contributed by atoms with Crippen molar-refractivity contribution in [3.05, 3.63) is 64.7 Å². The zero-order valence-electron chi connectivity index (χ0n) is 14.6. The minimum Gasteiger partial charge on any atom is -0.490 e. The van der Waals surface area contributed by atoms with Gasteiger partial charge in [-0.25, -0.2) is 0 Å². The number of benzene rings is 2. The Morgan fingerprint density at radius 3 is 1.78 bits per heavy atom. The summed E-state index contributed by atoms with van der Waals surface area (Å²) in [7, 11) is 0. The molecule has 0 spiro atoms. The Hall–Kier alpha value is -1.47. The SMILES string of the molecule is CC(C)Cc1ccc(CC(Oc2ccc(Cl)cc2)C(C)C)cc1. The third kappa shape index (κ3) is 5.91. The molecule has 1 unspecified atom stereocenters. The van der Waals surface area contributed by atoms with Crippen molar-refractivity contribution in [2.45, 2.75) is 46.6 Å². The van der Waals surface area contributed by atoms with E-state index in [2.05, 4.69) is 52.0 Å². The monoisotopic (exact) mass is 330 g/mol. The van der Waals surface area contributed by atoms with E-state index in [0.717, 1.165) is 23.6 Å². The van der Waals surface area contributed by atoms with E-state index in [1.807, 2.05) is 24.3 Å². The molecule has 124 valence electrons. The Morgan fingerprint density at radius 1 is 0.783 bits per heavy atom. The van der Waals surface area contributed by atoms with Crippen LogP contribution in [0.5, 0.6) is 5.75 Å². The van der Waals surface area contributed by atoms with Gasteiger partial charge in [0.2, 0.25) is 0 Å². The Bertz CT molecular complexity index is 584. The van der Waals surface area contributed by atoms with Gasteiger partial charge in [-0.1, -0.05) is 63.6 Å². The van der Waals surface area contributed by atoms with Crippen molar-refractivity contribution in [3.63, 3.8) is 0 Å². The fraction of sp³-hybridized carbons (Fsp3) is 0.429. The van der Waals surface area contributed by atoms with Gasteiger partial charge in [0.05, 0.1) is 0 Å². The van der Waals surface area contributed by atoms with Crippen molar-refractivity contribution in [2.75, 3.05) is 0 Å². The van der Waals surface area contributed by atoms with Crippen molar-refractivity contribution >= 4 is 11.6 Å². The zero-order chi connectivity index (χ0) is 16.8. The summed E-state index contributed by atoms with van der Waals surface area (Å²) in [6, 6.07) is 16.6. The number of hydrogen-bond donors (Lipinski definition) is 0. The van der Waals surface area contributed by atoms with Crippen LogP contribution in [-0.4, -0.2) is 6.10 Å². The third-order valence-corrected chi connectivity index (χ3v) is 4.20. The summed E-state index contributed by atoms with van der Waals surface area (Å²) in [5.41, 5.74) is 2.73. The smallest absolute Gasteiger partial charge is 0.119 e. The van der Waals surface area contributed by atoms with Gasteiger partial charge in [0.15, 0.2) is 0 Å². The molecule has 0 aliphatic rings. The van der Waals surface area contributed by atoms with E-state index in [1.165, 1.54) is 11.1 Å². The lowest BCUT2D eigenvalue weighted by Gasteiger charge is -2.23. The predicted molar refractivity (Wildman–Crippen MR) is 99.4 cm³/mol. The quantitative estimate of drug-likeness (QED) is 0.588. The average Bonchev–Trinajstić information content (AvgIpc) is 2.50. The average molecular weight is 331 g/mol. The maximum Gasteiger partial charge on any atom is 0.119 e. The minimum absolute atomic E-state index is 0.159. The molecule has 0 aliphatic heterocycles. The van der Waals surface area contributed by atoms with Crippen LogP contribution in [0.1, 0.15) is 38.8 Å². The van der Waals surface area contributed by atoms with Crippen molar-refractivity contribution < 1.29 is 4.74 Å². The summed E-state index contributed by atoms with van der Waals surface area (Å²) < 4.78 is 6.17. The highest BCUT2D eigenvalue weighted by atomic mass is 35.5. The van der Waals surface area contributed by atoms with E-state index < -0.39 is 0 Å². The van der Waals surface area contributed by atoms with Crippen molar-refractivity contribution in [1.29, 1.82) is 0 Å². The highest BCUT2D eigenvalue weighted by Crippen LogP contribution is 2.21. The maximum absolute atomic E-state index is 6.17. The lowest BCUT2D eigenvalue weighted by Crippen LogP contribution is -2.25. The first kappa shape index (κ1) is 17.9. The molecule has 0 aromatic heterocycles. The van der Waals surface area contributed by atoms with Crippen LogP contribution in [0, 0.1) is 11.8 Å². The van der Waals surface area contributed by atoms with Crippen LogP contribution in [0.15, 0.2) is 48.5 Å². The van der Waals surface area contributed by atoms with E-state index in [1.54, 1.807) is 0 Å². The van der Waals surface area contributed by atoms with Crippen LogP contribution in [-0.2, 0) is 12.8 Å². The summed E-state index contributed by atoms with van der Waals surface area (Å²) in [5.74, 6) is 2.02. The third-order valence-electron chi connectivity index (χ3n) is 3.95. The summed E-state index contributed by atoms with van der Waals surface area (Å²) in [6.07, 6.45) is 2.21. The van der Waals surface area contributed by atoms with Gasteiger partial charge in [0.25, 0.3) is 0 Å². The molecule has 2 aromatic rings. The molecule has 2 heteroatoms. The molecule has 0 radical (unpaired) electrons. The van der Waals surface area contributed by atoms with Gasteiger partial charge in [0.1, 0.15) is 11.9 Å². The second-order valence-electron chi connectivity index (χ2n) is 6.97. The number of rotatable bonds is 7. The highest BCUT2D eigenvalue weighted by Gasteiger charge is 2.16. The molecule has 0 N–H and O–H groups in total. The van der Waals surface area contributed by atoms with Gasteiger partial charge < -0.3 is 4.74 Å².